The largest absolute Gasteiger partial charge is 0.493 e. The molecule has 1 heterocycles. The van der Waals surface area contributed by atoms with E-state index in [0.29, 0.717) is 18.8 Å². The first-order valence-corrected chi connectivity index (χ1v) is 7.81. The first-order chi connectivity index (χ1) is 10.1. The SMILES string of the molecule is COc1ccc(CNCc2sccc2Br)cc1OC(F)F. The molecule has 7 heteroatoms. The highest BCUT2D eigenvalue weighted by molar-refractivity contribution is 9.10. The number of benzene rings is 1. The molecule has 0 amide bonds. The molecule has 2 aromatic rings. The quantitative estimate of drug-likeness (QED) is 0.774. The average molecular weight is 378 g/mol. The van der Waals surface area contributed by atoms with Gasteiger partial charge in [-0.2, -0.15) is 8.78 Å². The number of hydrogen-bond acceptors (Lipinski definition) is 4. The predicted molar refractivity (Wildman–Crippen MR) is 82.2 cm³/mol. The molecule has 0 aliphatic rings. The van der Waals surface area contributed by atoms with E-state index >= 15 is 0 Å². The van der Waals surface area contributed by atoms with E-state index in [-0.39, 0.29) is 5.75 Å². The molecule has 1 aromatic heterocycles. The molecular formula is C14H14BrF2NO2S. The molecule has 114 valence electrons. The van der Waals surface area contributed by atoms with Crippen molar-refractivity contribution in [2.45, 2.75) is 19.7 Å². The van der Waals surface area contributed by atoms with Crippen LogP contribution in [0.3, 0.4) is 0 Å². The van der Waals surface area contributed by atoms with Crippen LogP contribution in [0.5, 0.6) is 11.5 Å². The summed E-state index contributed by atoms with van der Waals surface area (Å²) in [6.45, 7) is -1.62. The Morgan fingerprint density at radius 1 is 1.24 bits per heavy atom. The molecule has 0 saturated heterocycles. The molecule has 3 nitrogen and oxygen atoms in total. The lowest BCUT2D eigenvalue weighted by molar-refractivity contribution is -0.0512. The van der Waals surface area contributed by atoms with Crippen molar-refractivity contribution in [3.8, 4) is 11.5 Å². The van der Waals surface area contributed by atoms with Crippen molar-refractivity contribution in [1.29, 1.82) is 0 Å². The average Bonchev–Trinajstić information content (AvgIpc) is 2.84. The summed E-state index contributed by atoms with van der Waals surface area (Å²) >= 11 is 5.11. The van der Waals surface area contributed by atoms with Gasteiger partial charge in [0.1, 0.15) is 0 Å². The van der Waals surface area contributed by atoms with E-state index in [4.69, 9.17) is 4.74 Å². The van der Waals surface area contributed by atoms with Crippen LogP contribution in [0.25, 0.3) is 0 Å². The molecule has 1 N–H and O–H groups in total. The van der Waals surface area contributed by atoms with Crippen molar-refractivity contribution in [3.63, 3.8) is 0 Å². The Labute approximate surface area is 134 Å². The van der Waals surface area contributed by atoms with E-state index in [1.54, 1.807) is 23.5 Å². The Kier molecular flexibility index (Phi) is 5.96. The highest BCUT2D eigenvalue weighted by atomic mass is 79.9. The lowest BCUT2D eigenvalue weighted by Gasteiger charge is -2.12. The smallest absolute Gasteiger partial charge is 0.387 e. The molecule has 0 aliphatic heterocycles. The van der Waals surface area contributed by atoms with Crippen LogP contribution < -0.4 is 14.8 Å². The second kappa shape index (κ2) is 7.72. The van der Waals surface area contributed by atoms with Crippen LogP contribution in [0.15, 0.2) is 34.1 Å². The van der Waals surface area contributed by atoms with E-state index in [1.807, 2.05) is 17.5 Å². The number of nitrogens with one attached hydrogen (secondary N) is 1. The fourth-order valence-electron chi connectivity index (χ4n) is 1.79. The van der Waals surface area contributed by atoms with Crippen molar-refractivity contribution >= 4 is 27.3 Å². The first kappa shape index (κ1) is 16.2. The maximum absolute atomic E-state index is 12.4. The summed E-state index contributed by atoms with van der Waals surface area (Å²) < 4.78 is 35.2. The van der Waals surface area contributed by atoms with Gasteiger partial charge >= 0.3 is 6.61 Å². The summed E-state index contributed by atoms with van der Waals surface area (Å²) in [5, 5.41) is 5.26. The standard InChI is InChI=1S/C14H14BrF2NO2S/c1-19-11-3-2-9(6-12(11)20-14(16)17)7-18-8-13-10(15)4-5-21-13/h2-6,14,18H,7-8H2,1H3. The number of ether oxygens (including phenoxy) is 2. The van der Waals surface area contributed by atoms with Gasteiger partial charge in [0.15, 0.2) is 11.5 Å². The van der Waals surface area contributed by atoms with Crippen LogP contribution in [0.1, 0.15) is 10.4 Å². The van der Waals surface area contributed by atoms with Gasteiger partial charge in [-0.1, -0.05) is 6.07 Å². The van der Waals surface area contributed by atoms with Gasteiger partial charge in [-0.05, 0) is 45.1 Å². The Morgan fingerprint density at radius 2 is 2.05 bits per heavy atom. The van der Waals surface area contributed by atoms with E-state index in [2.05, 4.69) is 26.0 Å². The lowest BCUT2D eigenvalue weighted by Crippen LogP contribution is -2.12. The molecule has 21 heavy (non-hydrogen) atoms. The van der Waals surface area contributed by atoms with Crippen LogP contribution >= 0.6 is 27.3 Å². The molecular weight excluding hydrogens is 364 g/mol. The molecule has 0 spiro atoms. The van der Waals surface area contributed by atoms with Gasteiger partial charge < -0.3 is 14.8 Å². The highest BCUT2D eigenvalue weighted by Crippen LogP contribution is 2.29. The minimum Gasteiger partial charge on any atom is -0.493 e. The van der Waals surface area contributed by atoms with Crippen molar-refractivity contribution in [2.75, 3.05) is 7.11 Å². The third-order valence-corrected chi connectivity index (χ3v) is 4.68. The number of alkyl halides is 2. The molecule has 0 fully saturated rings. The van der Waals surface area contributed by atoms with Crippen molar-refractivity contribution in [3.05, 3.63) is 44.6 Å². The Morgan fingerprint density at radius 3 is 2.67 bits per heavy atom. The van der Waals surface area contributed by atoms with Crippen molar-refractivity contribution < 1.29 is 18.3 Å². The van der Waals surface area contributed by atoms with Crippen LogP contribution in [0.2, 0.25) is 0 Å². The van der Waals surface area contributed by atoms with Crippen LogP contribution in [0, 0.1) is 0 Å². The molecule has 2 rings (SSSR count). The minimum absolute atomic E-state index is 0.0455. The number of halogens is 3. The van der Waals surface area contributed by atoms with Crippen LogP contribution in [0.4, 0.5) is 8.78 Å². The van der Waals surface area contributed by atoms with Gasteiger partial charge in [-0.25, -0.2) is 0 Å². The third-order valence-electron chi connectivity index (χ3n) is 2.75. The Bertz CT molecular complexity index is 592. The summed E-state index contributed by atoms with van der Waals surface area (Å²) in [7, 11) is 1.42. The van der Waals surface area contributed by atoms with E-state index in [9.17, 15) is 8.78 Å². The van der Waals surface area contributed by atoms with E-state index in [1.165, 1.54) is 12.0 Å². The number of methoxy groups -OCH3 is 1. The van der Waals surface area contributed by atoms with Gasteiger partial charge in [0.25, 0.3) is 0 Å². The normalized spacial score (nSPS) is 10.9. The van der Waals surface area contributed by atoms with Gasteiger partial charge in [-0.15, -0.1) is 11.3 Å². The summed E-state index contributed by atoms with van der Waals surface area (Å²) in [5.41, 5.74) is 0.846. The second-order valence-corrected chi connectivity index (χ2v) is 6.01. The molecule has 0 saturated carbocycles. The van der Waals surface area contributed by atoms with Crippen molar-refractivity contribution in [2.24, 2.45) is 0 Å². The molecule has 0 aliphatic carbocycles. The van der Waals surface area contributed by atoms with Gasteiger partial charge in [0, 0.05) is 22.4 Å². The molecule has 0 atom stereocenters. The van der Waals surface area contributed by atoms with E-state index < -0.39 is 6.61 Å². The van der Waals surface area contributed by atoms with Crippen LogP contribution in [-0.2, 0) is 13.1 Å². The van der Waals surface area contributed by atoms with Gasteiger partial charge in [0.2, 0.25) is 0 Å². The Hall–Kier alpha value is -1.18. The minimum atomic E-state index is -2.87. The maximum atomic E-state index is 12.4. The van der Waals surface area contributed by atoms with Crippen molar-refractivity contribution in [1.82, 2.24) is 5.32 Å². The third kappa shape index (κ3) is 4.66. The number of hydrogen-bond donors (Lipinski definition) is 1. The number of thiophene rings is 1. The fourth-order valence-corrected chi connectivity index (χ4v) is 3.25. The maximum Gasteiger partial charge on any atom is 0.387 e. The van der Waals surface area contributed by atoms with Gasteiger partial charge in [-0.3, -0.25) is 0 Å². The summed E-state index contributed by atoms with van der Waals surface area (Å²) in [4.78, 5) is 1.19. The molecule has 0 bridgehead atoms. The summed E-state index contributed by atoms with van der Waals surface area (Å²) in [6, 6.07) is 6.98. The van der Waals surface area contributed by atoms with E-state index in [0.717, 1.165) is 10.0 Å². The summed E-state index contributed by atoms with van der Waals surface area (Å²) in [6.07, 6.45) is 0. The fraction of sp³-hybridized carbons (Fsp3) is 0.286. The molecule has 1 aromatic carbocycles. The first-order valence-electron chi connectivity index (χ1n) is 6.14. The zero-order valence-corrected chi connectivity index (χ0v) is 13.6. The zero-order chi connectivity index (χ0) is 15.2. The topological polar surface area (TPSA) is 30.5 Å². The zero-order valence-electron chi connectivity index (χ0n) is 11.2. The predicted octanol–water partition coefficient (Wildman–Crippen LogP) is 4.41. The van der Waals surface area contributed by atoms with Crippen LogP contribution in [-0.4, -0.2) is 13.7 Å². The summed E-state index contributed by atoms with van der Waals surface area (Å²) in [5.74, 6) is 0.337. The lowest BCUT2D eigenvalue weighted by atomic mass is 10.2. The molecule has 0 radical (unpaired) electrons. The monoisotopic (exact) mass is 377 g/mol. The second-order valence-electron chi connectivity index (χ2n) is 4.16. The Balaban J connectivity index is 1.98. The molecule has 0 unspecified atom stereocenters. The highest BCUT2D eigenvalue weighted by Gasteiger charge is 2.11. The number of rotatable bonds is 7. The van der Waals surface area contributed by atoms with Gasteiger partial charge in [0.05, 0.1) is 7.11 Å².